The minimum Gasteiger partial charge on any atom is -0.323 e. The van der Waals surface area contributed by atoms with Crippen molar-refractivity contribution in [1.29, 1.82) is 0 Å². The van der Waals surface area contributed by atoms with Gasteiger partial charge in [-0.3, -0.25) is 0 Å². The van der Waals surface area contributed by atoms with Crippen LogP contribution in [0.1, 0.15) is 0 Å². The van der Waals surface area contributed by atoms with Crippen LogP contribution in [0.3, 0.4) is 0 Å². The first kappa shape index (κ1) is 8.94. The Labute approximate surface area is 54.8 Å². The van der Waals surface area contributed by atoms with Gasteiger partial charge in [0.05, 0.1) is 0 Å². The van der Waals surface area contributed by atoms with Gasteiger partial charge in [-0.15, -0.1) is 0 Å². The standard InChI is InChI=1S/C2H7N.La/c1-3-2;/h3H,1-2H3;. The van der Waals surface area contributed by atoms with E-state index in [1.54, 1.807) is 0 Å². The van der Waals surface area contributed by atoms with Crippen molar-refractivity contribution in [3.8, 4) is 0 Å². The monoisotopic (exact) mass is 184 g/mol. The molecule has 0 bridgehead atoms. The van der Waals surface area contributed by atoms with Crippen LogP contribution in [0, 0.1) is 35.6 Å². The molecule has 0 aromatic rings. The van der Waals surface area contributed by atoms with Gasteiger partial charge in [-0.2, -0.15) is 0 Å². The molecule has 0 rings (SSSR count). The van der Waals surface area contributed by atoms with Crippen molar-refractivity contribution in [3.05, 3.63) is 0 Å². The van der Waals surface area contributed by atoms with E-state index in [0.717, 1.165) is 0 Å². The van der Waals surface area contributed by atoms with Crippen LogP contribution in [0.25, 0.3) is 0 Å². The second-order valence-corrected chi connectivity index (χ2v) is 0.500. The molecule has 23 valence electrons. The van der Waals surface area contributed by atoms with Crippen LogP contribution in [0.2, 0.25) is 0 Å². The van der Waals surface area contributed by atoms with Gasteiger partial charge in [0.2, 0.25) is 0 Å². The van der Waals surface area contributed by atoms with Crippen molar-refractivity contribution >= 4 is 0 Å². The molecule has 1 N–H and O–H groups in total. The second kappa shape index (κ2) is 8.91. The summed E-state index contributed by atoms with van der Waals surface area (Å²) in [6.07, 6.45) is 0. The Balaban J connectivity index is 0. The van der Waals surface area contributed by atoms with E-state index >= 15 is 0 Å². The van der Waals surface area contributed by atoms with Gasteiger partial charge in [-0.05, 0) is 14.1 Å². The molecule has 0 aromatic carbocycles. The molecule has 1 radical (unpaired) electrons. The summed E-state index contributed by atoms with van der Waals surface area (Å²) < 4.78 is 0. The summed E-state index contributed by atoms with van der Waals surface area (Å²) in [5.74, 6) is 0. The Kier molecular flexibility index (Phi) is 19.9. The van der Waals surface area contributed by atoms with E-state index in [4.69, 9.17) is 0 Å². The first-order valence-corrected chi connectivity index (χ1v) is 1.00. The van der Waals surface area contributed by atoms with E-state index in [0.29, 0.717) is 0 Å². The van der Waals surface area contributed by atoms with E-state index in [1.165, 1.54) is 0 Å². The van der Waals surface area contributed by atoms with Crippen LogP contribution < -0.4 is 5.32 Å². The molecule has 0 atom stereocenters. The van der Waals surface area contributed by atoms with Crippen molar-refractivity contribution in [2.75, 3.05) is 14.1 Å². The zero-order valence-electron chi connectivity index (χ0n) is 3.08. The molecule has 0 spiro atoms. The SMILES string of the molecule is CNC.[La]. The van der Waals surface area contributed by atoms with Crippen molar-refractivity contribution in [2.24, 2.45) is 0 Å². The van der Waals surface area contributed by atoms with Crippen molar-refractivity contribution in [3.63, 3.8) is 0 Å². The van der Waals surface area contributed by atoms with Crippen molar-refractivity contribution in [2.45, 2.75) is 0 Å². The predicted molar refractivity (Wildman–Crippen MR) is 15.0 cm³/mol. The molecule has 4 heavy (non-hydrogen) atoms. The molecule has 0 fully saturated rings. The van der Waals surface area contributed by atoms with E-state index in [1.807, 2.05) is 14.1 Å². The summed E-state index contributed by atoms with van der Waals surface area (Å²) in [5.41, 5.74) is 0. The maximum Gasteiger partial charge on any atom is 0 e. The van der Waals surface area contributed by atoms with Crippen LogP contribution in [-0.4, -0.2) is 14.1 Å². The molecule has 0 amide bonds. The molecule has 0 heterocycles. The second-order valence-electron chi connectivity index (χ2n) is 0.500. The Morgan fingerprint density at radius 2 is 1.25 bits per heavy atom. The minimum atomic E-state index is 0. The van der Waals surface area contributed by atoms with Crippen LogP contribution >= 0.6 is 0 Å². The van der Waals surface area contributed by atoms with Gasteiger partial charge in [-0.1, -0.05) is 0 Å². The Morgan fingerprint density at radius 3 is 1.25 bits per heavy atom. The van der Waals surface area contributed by atoms with Gasteiger partial charge in [0.1, 0.15) is 0 Å². The molecule has 0 aliphatic heterocycles. The van der Waals surface area contributed by atoms with Crippen LogP contribution in [0.4, 0.5) is 0 Å². The smallest absolute Gasteiger partial charge is 0 e. The van der Waals surface area contributed by atoms with Gasteiger partial charge in [0, 0.05) is 35.6 Å². The van der Waals surface area contributed by atoms with Gasteiger partial charge in [0.25, 0.3) is 0 Å². The zero-order chi connectivity index (χ0) is 2.71. The third-order valence-corrected chi connectivity index (χ3v) is 0. The van der Waals surface area contributed by atoms with Gasteiger partial charge in [0.15, 0.2) is 0 Å². The molecule has 0 saturated heterocycles. The first-order chi connectivity index (χ1) is 1.41. The fourth-order valence-corrected chi connectivity index (χ4v) is 0. The number of rotatable bonds is 0. The Bertz CT molecular complexity index is 6.00. The quantitative estimate of drug-likeness (QED) is 0.551. The molecule has 2 heteroatoms. The first-order valence-electron chi connectivity index (χ1n) is 1.00. The van der Waals surface area contributed by atoms with Gasteiger partial charge >= 0.3 is 0 Å². The number of nitrogens with one attached hydrogen (secondary N) is 1. The molecule has 0 aliphatic rings. The maximum absolute atomic E-state index is 2.75. The molecular weight excluding hydrogens is 177 g/mol. The zero-order valence-corrected chi connectivity index (χ0v) is 6.70. The summed E-state index contributed by atoms with van der Waals surface area (Å²) in [7, 11) is 3.75. The average molecular weight is 184 g/mol. The molecule has 0 aliphatic carbocycles. The summed E-state index contributed by atoms with van der Waals surface area (Å²) in [5, 5.41) is 2.75. The van der Waals surface area contributed by atoms with Crippen molar-refractivity contribution in [1.82, 2.24) is 5.32 Å². The fraction of sp³-hybridized carbons (Fsp3) is 1.00. The van der Waals surface area contributed by atoms with Crippen LogP contribution in [0.5, 0.6) is 0 Å². The van der Waals surface area contributed by atoms with E-state index < -0.39 is 0 Å². The van der Waals surface area contributed by atoms with Gasteiger partial charge in [-0.25, -0.2) is 0 Å². The molecule has 0 aromatic heterocycles. The average Bonchev–Trinajstić information content (AvgIpc) is 0.918. The predicted octanol–water partition coefficient (Wildman–Crippen LogP) is -0.164. The Hall–Kier alpha value is 1.15. The summed E-state index contributed by atoms with van der Waals surface area (Å²) >= 11 is 0. The van der Waals surface area contributed by atoms with Gasteiger partial charge < -0.3 is 5.32 Å². The topological polar surface area (TPSA) is 12.0 Å². The fourth-order valence-electron chi connectivity index (χ4n) is 0. The number of hydrogen-bond donors (Lipinski definition) is 1. The molecule has 0 saturated carbocycles. The Morgan fingerprint density at radius 1 is 1.25 bits per heavy atom. The molecule has 1 nitrogen and oxygen atoms in total. The van der Waals surface area contributed by atoms with Crippen LogP contribution in [-0.2, 0) is 0 Å². The third-order valence-electron chi connectivity index (χ3n) is 0. The third kappa shape index (κ3) is 11.0. The summed E-state index contributed by atoms with van der Waals surface area (Å²) in [4.78, 5) is 0. The minimum absolute atomic E-state index is 0. The van der Waals surface area contributed by atoms with E-state index in [2.05, 4.69) is 5.32 Å². The van der Waals surface area contributed by atoms with Crippen LogP contribution in [0.15, 0.2) is 0 Å². The summed E-state index contributed by atoms with van der Waals surface area (Å²) in [6, 6.07) is 0. The number of hydrogen-bond acceptors (Lipinski definition) is 1. The van der Waals surface area contributed by atoms with E-state index in [9.17, 15) is 0 Å². The van der Waals surface area contributed by atoms with Crippen molar-refractivity contribution < 1.29 is 35.6 Å². The molecule has 0 unspecified atom stereocenters. The molecular formula is C2H7LaN. The maximum atomic E-state index is 2.75. The largest absolute Gasteiger partial charge is 0.323 e. The summed E-state index contributed by atoms with van der Waals surface area (Å²) in [6.45, 7) is 0. The normalized spacial score (nSPS) is 4.50. The van der Waals surface area contributed by atoms with E-state index in [-0.39, 0.29) is 35.6 Å².